The summed E-state index contributed by atoms with van der Waals surface area (Å²) in [4.78, 5) is 28.1. The predicted molar refractivity (Wildman–Crippen MR) is 108 cm³/mol. The Kier molecular flexibility index (Phi) is 7.37. The molecular weight excluding hydrogens is 358 g/mol. The molecule has 0 saturated heterocycles. The normalized spacial score (nSPS) is 11.6. The number of hydrogen-bond donors (Lipinski definition) is 2. The molecule has 0 saturated carbocycles. The van der Waals surface area contributed by atoms with Crippen LogP contribution in [0.1, 0.15) is 31.9 Å². The Morgan fingerprint density at radius 2 is 1.86 bits per heavy atom. The van der Waals surface area contributed by atoms with Gasteiger partial charge in [0.15, 0.2) is 0 Å². The summed E-state index contributed by atoms with van der Waals surface area (Å²) in [6.45, 7) is 9.70. The summed E-state index contributed by atoms with van der Waals surface area (Å²) in [6.07, 6.45) is 0.883. The van der Waals surface area contributed by atoms with Crippen LogP contribution < -0.4 is 15.4 Å². The number of amides is 2. The number of benzene rings is 1. The molecule has 150 valence electrons. The average Bonchev–Trinajstić information content (AvgIpc) is 2.64. The van der Waals surface area contributed by atoms with Gasteiger partial charge in [0.1, 0.15) is 11.8 Å². The van der Waals surface area contributed by atoms with Gasteiger partial charge in [-0.15, -0.1) is 0 Å². The van der Waals surface area contributed by atoms with Crippen LogP contribution in [0.2, 0.25) is 0 Å². The van der Waals surface area contributed by atoms with Crippen molar-refractivity contribution in [3.8, 4) is 11.6 Å². The smallest absolute Gasteiger partial charge is 0.407 e. The minimum atomic E-state index is -0.745. The van der Waals surface area contributed by atoms with Crippen LogP contribution in [0.25, 0.3) is 0 Å². The Morgan fingerprint density at radius 3 is 2.50 bits per heavy atom. The highest BCUT2D eigenvalue weighted by Crippen LogP contribution is 2.25. The molecule has 2 aromatic rings. The van der Waals surface area contributed by atoms with E-state index in [1.807, 2.05) is 45.9 Å². The minimum absolute atomic E-state index is 0.227. The van der Waals surface area contributed by atoms with Crippen molar-refractivity contribution >= 4 is 17.7 Å². The van der Waals surface area contributed by atoms with Crippen LogP contribution in [0, 0.1) is 19.8 Å². The molecule has 7 heteroatoms. The first-order valence-corrected chi connectivity index (χ1v) is 9.20. The van der Waals surface area contributed by atoms with Crippen LogP contribution in [0.15, 0.2) is 36.5 Å². The SMILES string of the molecule is Cc1ccc(C)c(Oc2ccc(NC(=O)[C@@H](C)NC(=O)OCC(C)C)cn2)c1. The van der Waals surface area contributed by atoms with E-state index in [9.17, 15) is 9.59 Å². The van der Waals surface area contributed by atoms with Crippen molar-refractivity contribution in [1.29, 1.82) is 0 Å². The predicted octanol–water partition coefficient (Wildman–Crippen LogP) is 4.20. The van der Waals surface area contributed by atoms with E-state index in [2.05, 4.69) is 15.6 Å². The van der Waals surface area contributed by atoms with Gasteiger partial charge < -0.3 is 20.1 Å². The summed E-state index contributed by atoms with van der Waals surface area (Å²) in [6, 6.07) is 8.56. The zero-order valence-corrected chi connectivity index (χ0v) is 16.9. The molecule has 0 radical (unpaired) electrons. The molecular formula is C21H27N3O4. The molecule has 1 aromatic carbocycles. The van der Waals surface area contributed by atoms with E-state index in [4.69, 9.17) is 9.47 Å². The van der Waals surface area contributed by atoms with E-state index in [-0.39, 0.29) is 11.8 Å². The molecule has 28 heavy (non-hydrogen) atoms. The van der Waals surface area contributed by atoms with Gasteiger partial charge in [-0.25, -0.2) is 9.78 Å². The number of aromatic nitrogens is 1. The summed E-state index contributed by atoms with van der Waals surface area (Å²) < 4.78 is 10.8. The number of hydrogen-bond acceptors (Lipinski definition) is 5. The summed E-state index contributed by atoms with van der Waals surface area (Å²) in [5.74, 6) is 1.02. The fourth-order valence-corrected chi connectivity index (χ4v) is 2.22. The van der Waals surface area contributed by atoms with E-state index in [1.165, 1.54) is 6.20 Å². The van der Waals surface area contributed by atoms with Gasteiger partial charge in [0, 0.05) is 6.07 Å². The van der Waals surface area contributed by atoms with Gasteiger partial charge in [-0.1, -0.05) is 26.0 Å². The maximum atomic E-state index is 12.2. The lowest BCUT2D eigenvalue weighted by Crippen LogP contribution is -2.42. The summed E-state index contributed by atoms with van der Waals surface area (Å²) in [5, 5.41) is 5.19. The Morgan fingerprint density at radius 1 is 1.11 bits per heavy atom. The first kappa shape index (κ1) is 21.2. The van der Waals surface area contributed by atoms with Crippen LogP contribution in [0.5, 0.6) is 11.6 Å². The highest BCUT2D eigenvalue weighted by atomic mass is 16.5. The van der Waals surface area contributed by atoms with Gasteiger partial charge in [-0.3, -0.25) is 4.79 Å². The van der Waals surface area contributed by atoms with Crippen LogP contribution in [0.4, 0.5) is 10.5 Å². The van der Waals surface area contributed by atoms with Crippen molar-refractivity contribution in [2.75, 3.05) is 11.9 Å². The molecule has 0 aliphatic carbocycles. The lowest BCUT2D eigenvalue weighted by Gasteiger charge is -2.15. The molecule has 2 rings (SSSR count). The maximum absolute atomic E-state index is 12.2. The highest BCUT2D eigenvalue weighted by molar-refractivity contribution is 5.96. The largest absolute Gasteiger partial charge is 0.449 e. The molecule has 1 atom stereocenters. The quantitative estimate of drug-likeness (QED) is 0.745. The third kappa shape index (κ3) is 6.57. The van der Waals surface area contributed by atoms with Gasteiger partial charge >= 0.3 is 6.09 Å². The van der Waals surface area contributed by atoms with E-state index in [0.717, 1.165) is 16.9 Å². The minimum Gasteiger partial charge on any atom is -0.449 e. The molecule has 0 spiro atoms. The second kappa shape index (κ2) is 9.73. The maximum Gasteiger partial charge on any atom is 0.407 e. The Labute approximate surface area is 165 Å². The fourth-order valence-electron chi connectivity index (χ4n) is 2.22. The summed E-state index contributed by atoms with van der Waals surface area (Å²) >= 11 is 0. The van der Waals surface area contributed by atoms with E-state index in [0.29, 0.717) is 18.2 Å². The molecule has 0 bridgehead atoms. The number of carbonyl (C=O) groups excluding carboxylic acids is 2. The number of ether oxygens (including phenoxy) is 2. The topological polar surface area (TPSA) is 89.6 Å². The van der Waals surface area contributed by atoms with Crippen LogP contribution in [-0.2, 0) is 9.53 Å². The zero-order valence-electron chi connectivity index (χ0n) is 16.9. The second-order valence-electron chi connectivity index (χ2n) is 7.10. The van der Waals surface area contributed by atoms with Crippen molar-refractivity contribution in [2.45, 2.75) is 40.7 Å². The first-order chi connectivity index (χ1) is 13.2. The molecule has 2 N–H and O–H groups in total. The molecule has 7 nitrogen and oxygen atoms in total. The number of aryl methyl sites for hydroxylation is 2. The molecule has 1 aromatic heterocycles. The number of anilines is 1. The highest BCUT2D eigenvalue weighted by Gasteiger charge is 2.17. The fraction of sp³-hybridized carbons (Fsp3) is 0.381. The van der Waals surface area contributed by atoms with E-state index >= 15 is 0 Å². The molecule has 0 aliphatic heterocycles. The molecule has 1 heterocycles. The third-order valence-corrected chi connectivity index (χ3v) is 3.84. The number of rotatable bonds is 7. The first-order valence-electron chi connectivity index (χ1n) is 9.20. The molecule has 0 fully saturated rings. The summed E-state index contributed by atoms with van der Waals surface area (Å²) in [7, 11) is 0. The van der Waals surface area contributed by atoms with Crippen molar-refractivity contribution in [3.63, 3.8) is 0 Å². The van der Waals surface area contributed by atoms with Crippen LogP contribution in [-0.4, -0.2) is 29.6 Å². The van der Waals surface area contributed by atoms with Gasteiger partial charge in [0.2, 0.25) is 11.8 Å². The molecule has 2 amide bonds. The van der Waals surface area contributed by atoms with Crippen molar-refractivity contribution in [3.05, 3.63) is 47.7 Å². The number of carbonyl (C=O) groups is 2. The summed E-state index contributed by atoms with van der Waals surface area (Å²) in [5.41, 5.74) is 2.61. The number of nitrogens with one attached hydrogen (secondary N) is 2. The number of nitrogens with zero attached hydrogens (tertiary/aromatic N) is 1. The Bertz CT molecular complexity index is 819. The average molecular weight is 385 g/mol. The Hall–Kier alpha value is -3.09. The van der Waals surface area contributed by atoms with E-state index in [1.54, 1.807) is 19.1 Å². The van der Waals surface area contributed by atoms with Gasteiger partial charge in [0.25, 0.3) is 0 Å². The lowest BCUT2D eigenvalue weighted by atomic mass is 10.1. The third-order valence-electron chi connectivity index (χ3n) is 3.84. The molecule has 0 unspecified atom stereocenters. The van der Waals surface area contributed by atoms with Crippen molar-refractivity contribution in [1.82, 2.24) is 10.3 Å². The standard InChI is InChI=1S/C21H27N3O4/c1-13(2)12-27-21(26)23-16(5)20(25)24-17-8-9-19(22-11-17)28-18-10-14(3)6-7-15(18)4/h6-11,13,16H,12H2,1-5H3,(H,23,26)(H,24,25)/t16-/m1/s1. The second-order valence-corrected chi connectivity index (χ2v) is 7.10. The van der Waals surface area contributed by atoms with Gasteiger partial charge in [-0.05, 0) is 49.9 Å². The number of alkyl carbamates (subject to hydrolysis) is 1. The zero-order chi connectivity index (χ0) is 20.7. The van der Waals surface area contributed by atoms with Gasteiger partial charge in [0.05, 0.1) is 18.5 Å². The van der Waals surface area contributed by atoms with Gasteiger partial charge in [-0.2, -0.15) is 0 Å². The Balaban J connectivity index is 1.90. The monoisotopic (exact) mass is 385 g/mol. The van der Waals surface area contributed by atoms with Crippen LogP contribution in [0.3, 0.4) is 0 Å². The van der Waals surface area contributed by atoms with Crippen LogP contribution >= 0.6 is 0 Å². The van der Waals surface area contributed by atoms with Crippen molar-refractivity contribution in [2.24, 2.45) is 5.92 Å². The number of pyridine rings is 1. The van der Waals surface area contributed by atoms with E-state index < -0.39 is 12.1 Å². The molecule has 0 aliphatic rings. The van der Waals surface area contributed by atoms with Crippen molar-refractivity contribution < 1.29 is 19.1 Å². The lowest BCUT2D eigenvalue weighted by molar-refractivity contribution is -0.117.